The third kappa shape index (κ3) is 3.75. The van der Waals surface area contributed by atoms with Gasteiger partial charge in [-0.1, -0.05) is 13.8 Å². The van der Waals surface area contributed by atoms with E-state index in [1.807, 2.05) is 0 Å². The number of piperidine rings is 1. The van der Waals surface area contributed by atoms with Crippen molar-refractivity contribution in [1.29, 1.82) is 0 Å². The number of carbonyl (C=O) groups excluding carboxylic acids is 2. The Morgan fingerprint density at radius 3 is 2.64 bits per heavy atom. The van der Waals surface area contributed by atoms with Gasteiger partial charge in [-0.25, -0.2) is 9.59 Å². The van der Waals surface area contributed by atoms with Crippen molar-refractivity contribution in [3.63, 3.8) is 0 Å². The molecule has 1 aliphatic rings. The molecule has 0 saturated carbocycles. The van der Waals surface area contributed by atoms with Gasteiger partial charge in [-0.2, -0.15) is 0 Å². The fraction of sp³-hybridized carbons (Fsp3) is 0.500. The van der Waals surface area contributed by atoms with Gasteiger partial charge in [0.15, 0.2) is 11.7 Å². The first-order chi connectivity index (χ1) is 11.8. The smallest absolute Gasteiger partial charge is 0.417 e. The summed E-state index contributed by atoms with van der Waals surface area (Å²) < 4.78 is 10.2. The summed E-state index contributed by atoms with van der Waals surface area (Å²) in [4.78, 5) is 40.3. The van der Waals surface area contributed by atoms with Crippen LogP contribution < -0.4 is 5.76 Å². The molecule has 0 bridgehead atoms. The molecule has 1 aromatic heterocycles. The molecular weight excluding hydrogens is 324 g/mol. The first kappa shape index (κ1) is 17.3. The van der Waals surface area contributed by atoms with Gasteiger partial charge in [0, 0.05) is 13.1 Å². The molecule has 134 valence electrons. The van der Waals surface area contributed by atoms with Crippen LogP contribution in [0.5, 0.6) is 0 Å². The van der Waals surface area contributed by atoms with Gasteiger partial charge in [0.1, 0.15) is 0 Å². The summed E-state index contributed by atoms with van der Waals surface area (Å²) in [7, 11) is 0. The van der Waals surface area contributed by atoms with E-state index in [-0.39, 0.29) is 11.5 Å². The molecular formula is C18H22N2O5. The number of rotatable bonds is 3. The van der Waals surface area contributed by atoms with Gasteiger partial charge in [-0.3, -0.25) is 9.78 Å². The predicted octanol–water partition coefficient (Wildman–Crippen LogP) is 2.17. The Balaban J connectivity index is 1.68. The minimum Gasteiger partial charge on any atom is -0.449 e. The fourth-order valence-electron chi connectivity index (χ4n) is 3.46. The lowest BCUT2D eigenvalue weighted by Gasteiger charge is -2.36. The van der Waals surface area contributed by atoms with Gasteiger partial charge in [-0.05, 0) is 43.4 Å². The van der Waals surface area contributed by atoms with Crippen LogP contribution in [0.25, 0.3) is 11.1 Å². The highest BCUT2D eigenvalue weighted by molar-refractivity contribution is 5.95. The third-order valence-corrected chi connectivity index (χ3v) is 4.47. The maximum atomic E-state index is 12.6. The van der Waals surface area contributed by atoms with Crippen molar-refractivity contribution in [1.82, 2.24) is 9.88 Å². The maximum Gasteiger partial charge on any atom is 0.417 e. The van der Waals surface area contributed by atoms with Gasteiger partial charge in [0.05, 0.1) is 11.1 Å². The molecule has 1 aliphatic heterocycles. The molecule has 3 rings (SSSR count). The van der Waals surface area contributed by atoms with E-state index >= 15 is 0 Å². The molecule has 3 atom stereocenters. The topological polar surface area (TPSA) is 92.6 Å². The molecule has 2 heterocycles. The number of nitrogens with zero attached hydrogens (tertiary/aromatic N) is 1. The van der Waals surface area contributed by atoms with E-state index in [0.717, 1.165) is 6.42 Å². The van der Waals surface area contributed by atoms with E-state index in [0.29, 0.717) is 36.0 Å². The number of aromatic amines is 1. The van der Waals surface area contributed by atoms with Crippen molar-refractivity contribution < 1.29 is 18.7 Å². The second-order valence-electron chi connectivity index (χ2n) is 6.96. The van der Waals surface area contributed by atoms with Crippen LogP contribution in [0.15, 0.2) is 27.4 Å². The van der Waals surface area contributed by atoms with E-state index in [1.165, 1.54) is 18.2 Å². The minimum atomic E-state index is -0.857. The fourth-order valence-corrected chi connectivity index (χ4v) is 3.46. The molecule has 1 fully saturated rings. The Morgan fingerprint density at radius 2 is 1.96 bits per heavy atom. The van der Waals surface area contributed by atoms with Crippen LogP contribution in [-0.2, 0) is 9.53 Å². The SMILES string of the molecule is CC1CC(C)CN(C(=O)C(C)OC(=O)c2ccc3oc(=O)[nH]c3c2)C1. The number of esters is 1. The molecule has 1 N–H and O–H groups in total. The Kier molecular flexibility index (Phi) is 4.65. The first-order valence-electron chi connectivity index (χ1n) is 8.46. The van der Waals surface area contributed by atoms with E-state index in [1.54, 1.807) is 11.8 Å². The summed E-state index contributed by atoms with van der Waals surface area (Å²) in [5.74, 6) is -0.489. The lowest BCUT2D eigenvalue weighted by Crippen LogP contribution is -2.47. The summed E-state index contributed by atoms with van der Waals surface area (Å²) in [6, 6.07) is 4.50. The second-order valence-corrected chi connectivity index (χ2v) is 6.96. The number of aromatic nitrogens is 1. The number of hydrogen-bond acceptors (Lipinski definition) is 5. The summed E-state index contributed by atoms with van der Waals surface area (Å²) in [5, 5.41) is 0. The number of amides is 1. The number of nitrogens with one attached hydrogen (secondary N) is 1. The second kappa shape index (κ2) is 6.74. The van der Waals surface area contributed by atoms with Crippen molar-refractivity contribution in [3.8, 4) is 0 Å². The highest BCUT2D eigenvalue weighted by Gasteiger charge is 2.30. The zero-order chi connectivity index (χ0) is 18.1. The number of fused-ring (bicyclic) bond motifs is 1. The molecule has 0 radical (unpaired) electrons. The number of likely N-dealkylation sites (tertiary alicyclic amines) is 1. The quantitative estimate of drug-likeness (QED) is 0.860. The standard InChI is InChI=1S/C18H22N2O5/c1-10-6-11(2)9-20(8-10)16(21)12(3)24-17(22)13-4-5-15-14(7-13)19-18(23)25-15/h4-5,7,10-12H,6,8-9H2,1-3H3,(H,19,23). The monoisotopic (exact) mass is 346 g/mol. The number of benzene rings is 1. The predicted molar refractivity (Wildman–Crippen MR) is 91.2 cm³/mol. The molecule has 7 nitrogen and oxygen atoms in total. The number of ether oxygens (including phenoxy) is 1. The molecule has 1 aromatic carbocycles. The van der Waals surface area contributed by atoms with Gasteiger partial charge in [0.2, 0.25) is 0 Å². The largest absolute Gasteiger partial charge is 0.449 e. The lowest BCUT2D eigenvalue weighted by atomic mass is 9.91. The molecule has 1 saturated heterocycles. The van der Waals surface area contributed by atoms with E-state index in [9.17, 15) is 14.4 Å². The van der Waals surface area contributed by atoms with Crippen LogP contribution in [0.3, 0.4) is 0 Å². The van der Waals surface area contributed by atoms with Crippen LogP contribution in [0.1, 0.15) is 37.6 Å². The van der Waals surface area contributed by atoms with E-state index in [2.05, 4.69) is 18.8 Å². The highest BCUT2D eigenvalue weighted by Crippen LogP contribution is 2.22. The molecule has 25 heavy (non-hydrogen) atoms. The van der Waals surface area contributed by atoms with Crippen molar-refractivity contribution in [2.45, 2.75) is 33.3 Å². The average Bonchev–Trinajstić information content (AvgIpc) is 2.92. The molecule has 7 heteroatoms. The summed E-state index contributed by atoms with van der Waals surface area (Å²) in [5.41, 5.74) is 1.03. The van der Waals surface area contributed by atoms with E-state index in [4.69, 9.17) is 9.15 Å². The first-order valence-corrected chi connectivity index (χ1v) is 8.46. The lowest BCUT2D eigenvalue weighted by molar-refractivity contribution is -0.142. The number of oxazole rings is 1. The summed E-state index contributed by atoms with van der Waals surface area (Å²) in [6.07, 6.45) is 0.241. The van der Waals surface area contributed by atoms with Crippen molar-refractivity contribution in [2.75, 3.05) is 13.1 Å². The summed E-state index contributed by atoms with van der Waals surface area (Å²) >= 11 is 0. The highest BCUT2D eigenvalue weighted by atomic mass is 16.5. The Hall–Kier alpha value is -2.57. The Morgan fingerprint density at radius 1 is 1.28 bits per heavy atom. The van der Waals surface area contributed by atoms with E-state index < -0.39 is 17.8 Å². The minimum absolute atomic E-state index is 0.176. The van der Waals surface area contributed by atoms with Crippen LogP contribution >= 0.6 is 0 Å². The molecule has 0 aliphatic carbocycles. The van der Waals surface area contributed by atoms with Crippen molar-refractivity contribution in [3.05, 3.63) is 34.3 Å². The van der Waals surface area contributed by atoms with Gasteiger partial charge in [0.25, 0.3) is 5.91 Å². The number of carbonyl (C=O) groups is 2. The number of H-pyrrole nitrogens is 1. The van der Waals surface area contributed by atoms with Crippen molar-refractivity contribution >= 4 is 23.0 Å². The molecule has 2 aromatic rings. The van der Waals surface area contributed by atoms with Crippen LogP contribution in [0.2, 0.25) is 0 Å². The average molecular weight is 346 g/mol. The molecule has 0 spiro atoms. The van der Waals surface area contributed by atoms with Gasteiger partial charge >= 0.3 is 11.7 Å². The normalized spacial score (nSPS) is 22.0. The zero-order valence-electron chi connectivity index (χ0n) is 14.6. The van der Waals surface area contributed by atoms with Gasteiger partial charge < -0.3 is 14.1 Å². The maximum absolute atomic E-state index is 12.6. The Bertz CT molecular complexity index is 843. The Labute approximate surface area is 144 Å². The third-order valence-electron chi connectivity index (χ3n) is 4.47. The summed E-state index contributed by atoms with van der Waals surface area (Å²) in [6.45, 7) is 7.20. The van der Waals surface area contributed by atoms with Crippen LogP contribution in [0, 0.1) is 11.8 Å². The van der Waals surface area contributed by atoms with Crippen LogP contribution in [0.4, 0.5) is 0 Å². The van der Waals surface area contributed by atoms with Gasteiger partial charge in [-0.15, -0.1) is 0 Å². The molecule has 3 unspecified atom stereocenters. The number of hydrogen-bond donors (Lipinski definition) is 1. The molecule has 1 amide bonds. The zero-order valence-corrected chi connectivity index (χ0v) is 14.6. The van der Waals surface area contributed by atoms with Crippen LogP contribution in [-0.4, -0.2) is 41.0 Å². The van der Waals surface area contributed by atoms with Crippen molar-refractivity contribution in [2.24, 2.45) is 11.8 Å².